The summed E-state index contributed by atoms with van der Waals surface area (Å²) < 4.78 is 11.6. The molecule has 1 aromatic heterocycles. The molecule has 1 heterocycles. The van der Waals surface area contributed by atoms with Gasteiger partial charge in [0.05, 0.1) is 10.7 Å². The molecule has 164 valence electrons. The third-order valence-electron chi connectivity index (χ3n) is 5.53. The zero-order valence-corrected chi connectivity index (χ0v) is 19.1. The van der Waals surface area contributed by atoms with Crippen LogP contribution in [0, 0.1) is 6.92 Å². The lowest BCUT2D eigenvalue weighted by Crippen LogP contribution is -2.20. The van der Waals surface area contributed by atoms with Crippen LogP contribution in [-0.2, 0) is 4.79 Å². The highest BCUT2D eigenvalue weighted by Crippen LogP contribution is 2.32. The van der Waals surface area contributed by atoms with Gasteiger partial charge in [-0.15, -0.1) is 0 Å². The molecular formula is C26H25ClN2O3. The summed E-state index contributed by atoms with van der Waals surface area (Å²) >= 11 is 6.31. The predicted molar refractivity (Wildman–Crippen MR) is 128 cm³/mol. The van der Waals surface area contributed by atoms with Crippen LogP contribution in [0.1, 0.15) is 37.3 Å². The molecule has 0 aliphatic heterocycles. The van der Waals surface area contributed by atoms with E-state index in [1.165, 1.54) is 5.56 Å². The maximum absolute atomic E-state index is 12.4. The van der Waals surface area contributed by atoms with Crippen molar-refractivity contribution in [1.29, 1.82) is 0 Å². The summed E-state index contributed by atoms with van der Waals surface area (Å²) in [7, 11) is 0. The van der Waals surface area contributed by atoms with Gasteiger partial charge < -0.3 is 14.5 Å². The Morgan fingerprint density at radius 3 is 2.75 bits per heavy atom. The highest BCUT2D eigenvalue weighted by atomic mass is 35.5. The summed E-state index contributed by atoms with van der Waals surface area (Å²) in [6.07, 6.45) is 1.06. The molecule has 3 aromatic carbocycles. The van der Waals surface area contributed by atoms with Crippen molar-refractivity contribution in [2.75, 3.05) is 11.9 Å². The van der Waals surface area contributed by atoms with Crippen LogP contribution in [0.15, 0.2) is 65.1 Å². The fourth-order valence-electron chi connectivity index (χ4n) is 3.41. The molecule has 32 heavy (non-hydrogen) atoms. The Balaban J connectivity index is 1.52. The fraction of sp³-hybridized carbons (Fsp3) is 0.231. The van der Waals surface area contributed by atoms with Gasteiger partial charge in [0.25, 0.3) is 5.91 Å². The Kier molecular flexibility index (Phi) is 6.47. The molecule has 1 amide bonds. The minimum absolute atomic E-state index is 0.118. The third-order valence-corrected chi connectivity index (χ3v) is 5.86. The van der Waals surface area contributed by atoms with Crippen molar-refractivity contribution in [3.8, 4) is 17.2 Å². The van der Waals surface area contributed by atoms with Crippen molar-refractivity contribution in [2.45, 2.75) is 33.1 Å². The van der Waals surface area contributed by atoms with Crippen LogP contribution < -0.4 is 10.1 Å². The van der Waals surface area contributed by atoms with Gasteiger partial charge in [0.1, 0.15) is 11.3 Å². The molecular weight excluding hydrogens is 424 g/mol. The smallest absolute Gasteiger partial charge is 0.262 e. The standard InChI is InChI=1S/C26H25ClN2O3/c1-4-16(2)18-10-12-24-22(13-18)29-26(32-24)19-9-11-20(27)21(14-19)28-25(30)15-31-23-8-6-5-7-17(23)3/h5-14,16H,4,15H2,1-3H3,(H,28,30). The van der Waals surface area contributed by atoms with E-state index in [1.54, 1.807) is 12.1 Å². The second-order valence-corrected chi connectivity index (χ2v) is 8.26. The molecule has 0 bridgehead atoms. The first-order valence-corrected chi connectivity index (χ1v) is 11.0. The number of hydrogen-bond donors (Lipinski definition) is 1. The third kappa shape index (κ3) is 4.78. The zero-order chi connectivity index (χ0) is 22.7. The molecule has 0 fully saturated rings. The number of amides is 1. The highest BCUT2D eigenvalue weighted by Gasteiger charge is 2.14. The average molecular weight is 449 g/mol. The van der Waals surface area contributed by atoms with Crippen molar-refractivity contribution >= 4 is 34.3 Å². The first-order valence-electron chi connectivity index (χ1n) is 10.6. The molecule has 4 aromatic rings. The molecule has 1 unspecified atom stereocenters. The van der Waals surface area contributed by atoms with Crippen LogP contribution in [0.3, 0.4) is 0 Å². The maximum atomic E-state index is 12.4. The number of fused-ring (bicyclic) bond motifs is 1. The minimum atomic E-state index is -0.303. The Morgan fingerprint density at radius 2 is 1.97 bits per heavy atom. The van der Waals surface area contributed by atoms with Crippen molar-refractivity contribution in [3.05, 3.63) is 76.8 Å². The molecule has 1 N–H and O–H groups in total. The van der Waals surface area contributed by atoms with Crippen LogP contribution >= 0.6 is 11.6 Å². The van der Waals surface area contributed by atoms with E-state index < -0.39 is 0 Å². The van der Waals surface area contributed by atoms with Crippen LogP contribution in [0.25, 0.3) is 22.6 Å². The van der Waals surface area contributed by atoms with Crippen molar-refractivity contribution < 1.29 is 13.9 Å². The average Bonchev–Trinajstić information content (AvgIpc) is 3.23. The number of hydrogen-bond acceptors (Lipinski definition) is 4. The van der Waals surface area contributed by atoms with E-state index in [0.29, 0.717) is 28.3 Å². The Labute approximate surface area is 192 Å². The van der Waals surface area contributed by atoms with Gasteiger partial charge in [-0.25, -0.2) is 4.98 Å². The number of carbonyl (C=O) groups is 1. The maximum Gasteiger partial charge on any atom is 0.262 e. The van der Waals surface area contributed by atoms with Gasteiger partial charge in [0, 0.05) is 5.56 Å². The van der Waals surface area contributed by atoms with Crippen LogP contribution in [0.5, 0.6) is 5.75 Å². The number of carbonyl (C=O) groups excluding carboxylic acids is 1. The molecule has 0 saturated heterocycles. The van der Waals surface area contributed by atoms with Crippen LogP contribution in [0.4, 0.5) is 5.69 Å². The molecule has 0 aliphatic rings. The van der Waals surface area contributed by atoms with Crippen LogP contribution in [0.2, 0.25) is 5.02 Å². The number of nitrogens with zero attached hydrogens (tertiary/aromatic N) is 1. The number of para-hydroxylation sites is 1. The largest absolute Gasteiger partial charge is 0.483 e. The number of benzene rings is 3. The van der Waals surface area contributed by atoms with Gasteiger partial charge in [0.2, 0.25) is 5.89 Å². The summed E-state index contributed by atoms with van der Waals surface area (Å²) in [6, 6.07) is 18.9. The number of rotatable bonds is 7. The normalized spacial score (nSPS) is 12.0. The second-order valence-electron chi connectivity index (χ2n) is 7.85. The molecule has 5 nitrogen and oxygen atoms in total. The Bertz CT molecular complexity index is 1270. The monoisotopic (exact) mass is 448 g/mol. The summed E-state index contributed by atoms with van der Waals surface area (Å²) in [4.78, 5) is 17.1. The van der Waals surface area contributed by atoms with E-state index in [2.05, 4.69) is 36.3 Å². The van der Waals surface area contributed by atoms with E-state index in [4.69, 9.17) is 20.8 Å². The molecule has 4 rings (SSSR count). The van der Waals surface area contributed by atoms with Crippen molar-refractivity contribution in [1.82, 2.24) is 4.98 Å². The summed E-state index contributed by atoms with van der Waals surface area (Å²) in [6.45, 7) is 6.17. The molecule has 0 radical (unpaired) electrons. The first-order chi connectivity index (χ1) is 15.4. The summed E-state index contributed by atoms with van der Waals surface area (Å²) in [5, 5.41) is 3.23. The number of anilines is 1. The quantitative estimate of drug-likeness (QED) is 0.331. The van der Waals surface area contributed by atoms with Gasteiger partial charge in [-0.1, -0.05) is 49.7 Å². The number of aryl methyl sites for hydroxylation is 1. The summed E-state index contributed by atoms with van der Waals surface area (Å²) in [5.74, 6) is 1.30. The van der Waals surface area contributed by atoms with E-state index in [0.717, 1.165) is 28.6 Å². The Morgan fingerprint density at radius 1 is 1.16 bits per heavy atom. The van der Waals surface area contributed by atoms with E-state index in [-0.39, 0.29) is 12.5 Å². The zero-order valence-electron chi connectivity index (χ0n) is 18.3. The second kappa shape index (κ2) is 9.45. The molecule has 0 spiro atoms. The van der Waals surface area contributed by atoms with Gasteiger partial charge >= 0.3 is 0 Å². The van der Waals surface area contributed by atoms with Gasteiger partial charge in [-0.2, -0.15) is 0 Å². The van der Waals surface area contributed by atoms with E-state index in [9.17, 15) is 4.79 Å². The number of halogens is 1. The fourth-order valence-corrected chi connectivity index (χ4v) is 3.58. The first kappa shape index (κ1) is 21.9. The lowest BCUT2D eigenvalue weighted by Gasteiger charge is -2.11. The van der Waals surface area contributed by atoms with Crippen molar-refractivity contribution in [3.63, 3.8) is 0 Å². The lowest BCUT2D eigenvalue weighted by molar-refractivity contribution is -0.118. The van der Waals surface area contributed by atoms with Gasteiger partial charge in [-0.05, 0) is 66.8 Å². The number of nitrogens with one attached hydrogen (secondary N) is 1. The number of ether oxygens (including phenoxy) is 1. The topological polar surface area (TPSA) is 64.4 Å². The minimum Gasteiger partial charge on any atom is -0.483 e. The van der Waals surface area contributed by atoms with Crippen LogP contribution in [-0.4, -0.2) is 17.5 Å². The van der Waals surface area contributed by atoms with E-state index in [1.807, 2.05) is 43.3 Å². The number of oxazole rings is 1. The van der Waals surface area contributed by atoms with Gasteiger partial charge in [-0.3, -0.25) is 4.79 Å². The molecule has 1 atom stereocenters. The Hall–Kier alpha value is -3.31. The van der Waals surface area contributed by atoms with Crippen molar-refractivity contribution in [2.24, 2.45) is 0 Å². The predicted octanol–water partition coefficient (Wildman–Crippen LogP) is 6.99. The molecule has 0 saturated carbocycles. The summed E-state index contributed by atoms with van der Waals surface area (Å²) in [5.41, 5.74) is 4.94. The van der Waals surface area contributed by atoms with E-state index >= 15 is 0 Å². The lowest BCUT2D eigenvalue weighted by atomic mass is 9.98. The number of aromatic nitrogens is 1. The SMILES string of the molecule is CCC(C)c1ccc2oc(-c3ccc(Cl)c(NC(=O)COc4ccccc4C)c3)nc2c1. The highest BCUT2D eigenvalue weighted by molar-refractivity contribution is 6.33. The molecule has 0 aliphatic carbocycles. The molecule has 6 heteroatoms. The van der Waals surface area contributed by atoms with Gasteiger partial charge in [0.15, 0.2) is 12.2 Å².